The zero-order chi connectivity index (χ0) is 11.2. The number of thioether (sulfide) groups is 2. The first kappa shape index (κ1) is 15.6. The van der Waals surface area contributed by atoms with Gasteiger partial charge >= 0.3 is 0 Å². The number of hydrogen-bond acceptors (Lipinski definition) is 5. The predicted molar refractivity (Wildman–Crippen MR) is 71.3 cm³/mol. The molecule has 0 aromatic heterocycles. The second kappa shape index (κ2) is 14.6. The Bertz CT molecular complexity index is 106. The minimum Gasteiger partial charge on any atom is -0.379 e. The molecule has 0 aliphatic heterocycles. The van der Waals surface area contributed by atoms with Gasteiger partial charge in [-0.1, -0.05) is 0 Å². The van der Waals surface area contributed by atoms with Crippen molar-refractivity contribution < 1.29 is 9.47 Å². The maximum atomic E-state index is 5.39. The minimum absolute atomic E-state index is 0.797. The van der Waals surface area contributed by atoms with Gasteiger partial charge in [-0.25, -0.2) is 0 Å². The van der Waals surface area contributed by atoms with Crippen LogP contribution in [0.25, 0.3) is 0 Å². The lowest BCUT2D eigenvalue weighted by Crippen LogP contribution is -2.24. The van der Waals surface area contributed by atoms with E-state index < -0.39 is 0 Å². The molecule has 1 N–H and O–H groups in total. The second-order valence-electron chi connectivity index (χ2n) is 2.96. The van der Waals surface area contributed by atoms with E-state index in [1.165, 1.54) is 0 Å². The van der Waals surface area contributed by atoms with Gasteiger partial charge in [-0.3, -0.25) is 0 Å². The largest absolute Gasteiger partial charge is 0.379 e. The van der Waals surface area contributed by atoms with Crippen LogP contribution in [-0.2, 0) is 9.47 Å². The molecule has 0 aliphatic rings. The summed E-state index contributed by atoms with van der Waals surface area (Å²) >= 11 is 3.63. The summed E-state index contributed by atoms with van der Waals surface area (Å²) in [4.78, 5) is 0. The Morgan fingerprint density at radius 1 is 0.800 bits per heavy atom. The van der Waals surface area contributed by atoms with Crippen LogP contribution in [0.1, 0.15) is 0 Å². The summed E-state index contributed by atoms with van der Waals surface area (Å²) in [6.45, 7) is 5.14. The van der Waals surface area contributed by atoms with E-state index in [0.29, 0.717) is 0 Å². The molecular weight excluding hydrogens is 230 g/mol. The Morgan fingerprint density at radius 3 is 1.67 bits per heavy atom. The molecule has 0 heterocycles. The number of rotatable bonds is 12. The van der Waals surface area contributed by atoms with Crippen LogP contribution in [0.15, 0.2) is 0 Å². The normalized spacial score (nSPS) is 10.8. The Labute approximate surface area is 102 Å². The van der Waals surface area contributed by atoms with Crippen molar-refractivity contribution in [2.75, 3.05) is 63.5 Å². The molecule has 3 nitrogen and oxygen atoms in total. The van der Waals surface area contributed by atoms with E-state index >= 15 is 0 Å². The summed E-state index contributed by atoms with van der Waals surface area (Å²) in [7, 11) is 0. The Hall–Kier alpha value is 0.580. The zero-order valence-corrected chi connectivity index (χ0v) is 11.4. The molecule has 0 spiro atoms. The highest BCUT2D eigenvalue weighted by molar-refractivity contribution is 7.98. The van der Waals surface area contributed by atoms with Crippen LogP contribution >= 0.6 is 23.5 Å². The van der Waals surface area contributed by atoms with Gasteiger partial charge < -0.3 is 14.8 Å². The van der Waals surface area contributed by atoms with E-state index in [-0.39, 0.29) is 0 Å². The highest BCUT2D eigenvalue weighted by atomic mass is 32.2. The van der Waals surface area contributed by atoms with Crippen molar-refractivity contribution in [1.29, 1.82) is 0 Å². The summed E-state index contributed by atoms with van der Waals surface area (Å²) in [6.07, 6.45) is 4.18. The molecule has 0 aromatic rings. The molecule has 0 atom stereocenters. The van der Waals surface area contributed by atoms with Crippen LogP contribution < -0.4 is 5.32 Å². The lowest BCUT2D eigenvalue weighted by molar-refractivity contribution is 0.136. The minimum atomic E-state index is 0.797. The van der Waals surface area contributed by atoms with Gasteiger partial charge in [0.25, 0.3) is 0 Å². The highest BCUT2D eigenvalue weighted by Crippen LogP contribution is 1.90. The van der Waals surface area contributed by atoms with Crippen molar-refractivity contribution in [3.05, 3.63) is 0 Å². The van der Waals surface area contributed by atoms with E-state index in [4.69, 9.17) is 9.47 Å². The van der Waals surface area contributed by atoms with E-state index in [2.05, 4.69) is 17.8 Å². The Balaban J connectivity index is 2.81. The maximum Gasteiger partial charge on any atom is 0.0591 e. The summed E-state index contributed by atoms with van der Waals surface area (Å²) in [5, 5.41) is 3.28. The third-order valence-corrected chi connectivity index (χ3v) is 2.86. The van der Waals surface area contributed by atoms with E-state index in [0.717, 1.165) is 51.0 Å². The van der Waals surface area contributed by atoms with E-state index in [1.807, 2.05) is 23.5 Å². The molecule has 5 heteroatoms. The molecule has 0 amide bonds. The molecule has 0 unspecified atom stereocenters. The average molecular weight is 253 g/mol. The number of ether oxygens (including phenoxy) is 2. The van der Waals surface area contributed by atoms with Crippen LogP contribution in [-0.4, -0.2) is 63.5 Å². The van der Waals surface area contributed by atoms with Crippen LogP contribution in [0.2, 0.25) is 0 Å². The summed E-state index contributed by atoms with van der Waals surface area (Å²) in [5.41, 5.74) is 0. The topological polar surface area (TPSA) is 30.5 Å². The van der Waals surface area contributed by atoms with Crippen molar-refractivity contribution in [3.8, 4) is 0 Å². The summed E-state index contributed by atoms with van der Waals surface area (Å²) in [6, 6.07) is 0. The summed E-state index contributed by atoms with van der Waals surface area (Å²) in [5.74, 6) is 2.16. The van der Waals surface area contributed by atoms with Crippen LogP contribution in [0.3, 0.4) is 0 Å². The monoisotopic (exact) mass is 253 g/mol. The zero-order valence-electron chi connectivity index (χ0n) is 9.79. The van der Waals surface area contributed by atoms with E-state index in [1.54, 1.807) is 0 Å². The first-order valence-electron chi connectivity index (χ1n) is 5.26. The first-order valence-corrected chi connectivity index (χ1v) is 8.04. The van der Waals surface area contributed by atoms with Crippen molar-refractivity contribution in [1.82, 2.24) is 5.32 Å². The first-order chi connectivity index (χ1) is 7.41. The third-order valence-electron chi connectivity index (χ3n) is 1.71. The fraction of sp³-hybridized carbons (Fsp3) is 1.00. The van der Waals surface area contributed by atoms with E-state index in [9.17, 15) is 0 Å². The Morgan fingerprint density at radius 2 is 1.27 bits per heavy atom. The fourth-order valence-electron chi connectivity index (χ4n) is 0.902. The molecule has 0 saturated carbocycles. The van der Waals surface area contributed by atoms with Gasteiger partial charge in [0.05, 0.1) is 26.4 Å². The van der Waals surface area contributed by atoms with Crippen molar-refractivity contribution in [3.63, 3.8) is 0 Å². The molecule has 0 bridgehead atoms. The van der Waals surface area contributed by atoms with Crippen molar-refractivity contribution in [2.45, 2.75) is 0 Å². The quantitative estimate of drug-likeness (QED) is 0.530. The molecule has 0 radical (unpaired) electrons. The molecule has 0 aromatic carbocycles. The molecule has 0 rings (SSSR count). The fourth-order valence-corrected chi connectivity index (χ4v) is 1.47. The van der Waals surface area contributed by atoms with Gasteiger partial charge in [-0.15, -0.1) is 0 Å². The number of nitrogens with one attached hydrogen (secondary N) is 1. The molecule has 0 aliphatic carbocycles. The molecule has 15 heavy (non-hydrogen) atoms. The molecular formula is C10H23NO2S2. The van der Waals surface area contributed by atoms with Gasteiger partial charge in [0, 0.05) is 24.6 Å². The lowest BCUT2D eigenvalue weighted by atomic mass is 10.6. The number of hydrogen-bond donors (Lipinski definition) is 1. The van der Waals surface area contributed by atoms with Crippen LogP contribution in [0.4, 0.5) is 0 Å². The lowest BCUT2D eigenvalue weighted by Gasteiger charge is -2.06. The predicted octanol–water partition coefficient (Wildman–Crippen LogP) is 1.34. The Kier molecular flexibility index (Phi) is 15.1. The molecule has 0 saturated heterocycles. The third kappa shape index (κ3) is 14.6. The van der Waals surface area contributed by atoms with Gasteiger partial charge in [-0.05, 0) is 12.5 Å². The maximum absolute atomic E-state index is 5.39. The second-order valence-corrected chi connectivity index (χ2v) is 4.93. The smallest absolute Gasteiger partial charge is 0.0591 e. The van der Waals surface area contributed by atoms with Gasteiger partial charge in [0.1, 0.15) is 0 Å². The SMILES string of the molecule is CSCCOCCNCCOCCSC. The average Bonchev–Trinajstić information content (AvgIpc) is 2.26. The standard InChI is InChI=1S/C10H23NO2S2/c1-14-9-7-12-5-3-11-4-6-13-8-10-15-2/h11H,3-10H2,1-2H3. The van der Waals surface area contributed by atoms with Crippen LogP contribution in [0.5, 0.6) is 0 Å². The highest BCUT2D eigenvalue weighted by Gasteiger charge is 1.90. The van der Waals surface area contributed by atoms with Gasteiger partial charge in [-0.2, -0.15) is 23.5 Å². The van der Waals surface area contributed by atoms with Crippen LogP contribution in [0, 0.1) is 0 Å². The molecule has 0 fully saturated rings. The van der Waals surface area contributed by atoms with Gasteiger partial charge in [0.15, 0.2) is 0 Å². The van der Waals surface area contributed by atoms with Gasteiger partial charge in [0.2, 0.25) is 0 Å². The molecule has 92 valence electrons. The summed E-state index contributed by atoms with van der Waals surface area (Å²) < 4.78 is 10.8. The van der Waals surface area contributed by atoms with Crippen molar-refractivity contribution in [2.24, 2.45) is 0 Å². The van der Waals surface area contributed by atoms with Crippen molar-refractivity contribution >= 4 is 23.5 Å².